The molecular formula is C20H23FN2O2S. The number of halogens is 1. The minimum absolute atomic E-state index is 0.0781. The number of hydrogen-bond acceptors (Lipinski definition) is 4. The van der Waals surface area contributed by atoms with Crippen LogP contribution in [0.25, 0.3) is 0 Å². The Kier molecular flexibility index (Phi) is 6.52. The van der Waals surface area contributed by atoms with Crippen LogP contribution < -0.4 is 10.2 Å². The average Bonchev–Trinajstić information content (AvgIpc) is 2.68. The summed E-state index contributed by atoms with van der Waals surface area (Å²) in [5.74, 6) is -0.0373. The van der Waals surface area contributed by atoms with Crippen LogP contribution in [0.3, 0.4) is 0 Å². The molecule has 3 rings (SSSR count). The number of anilines is 2. The topological polar surface area (TPSA) is 41.6 Å². The number of nitrogens with one attached hydrogen (secondary N) is 1. The number of thioether (sulfide) groups is 1. The fraction of sp³-hybridized carbons (Fsp3) is 0.350. The van der Waals surface area contributed by atoms with Crippen molar-refractivity contribution in [2.45, 2.75) is 12.2 Å². The van der Waals surface area contributed by atoms with Gasteiger partial charge in [-0.1, -0.05) is 18.2 Å². The summed E-state index contributed by atoms with van der Waals surface area (Å²) in [4.78, 5) is 14.4. The maximum Gasteiger partial charge on any atom is 0.234 e. The van der Waals surface area contributed by atoms with Gasteiger partial charge in [0.1, 0.15) is 5.82 Å². The van der Waals surface area contributed by atoms with E-state index in [2.05, 4.69) is 10.2 Å². The fourth-order valence-electron chi connectivity index (χ4n) is 2.87. The fourth-order valence-corrected chi connectivity index (χ4v) is 3.71. The van der Waals surface area contributed by atoms with Gasteiger partial charge in [0.25, 0.3) is 0 Å². The molecule has 4 nitrogen and oxygen atoms in total. The number of hydrogen-bond donors (Lipinski definition) is 1. The lowest BCUT2D eigenvalue weighted by Gasteiger charge is -2.28. The SMILES string of the molecule is CC(SCC(=O)Nc1ccc(N2CCOCC2)cc1)c1ccccc1F. The van der Waals surface area contributed by atoms with Crippen molar-refractivity contribution >= 4 is 29.0 Å². The average molecular weight is 374 g/mol. The van der Waals surface area contributed by atoms with Crippen LogP contribution in [-0.4, -0.2) is 38.0 Å². The molecule has 6 heteroatoms. The van der Waals surface area contributed by atoms with E-state index < -0.39 is 0 Å². The van der Waals surface area contributed by atoms with E-state index in [1.54, 1.807) is 12.1 Å². The molecule has 138 valence electrons. The molecular weight excluding hydrogens is 351 g/mol. The van der Waals surface area contributed by atoms with Crippen molar-refractivity contribution in [3.8, 4) is 0 Å². The lowest BCUT2D eigenvalue weighted by Crippen LogP contribution is -2.36. The third-order valence-electron chi connectivity index (χ3n) is 4.33. The van der Waals surface area contributed by atoms with Crippen molar-refractivity contribution in [2.75, 3.05) is 42.3 Å². The molecule has 0 aliphatic carbocycles. The molecule has 0 spiro atoms. The summed E-state index contributed by atoms with van der Waals surface area (Å²) in [6.45, 7) is 5.17. The number of morpholine rings is 1. The van der Waals surface area contributed by atoms with Crippen LogP contribution in [0.5, 0.6) is 0 Å². The standard InChI is InChI=1S/C20H23FN2O2S/c1-15(18-4-2-3-5-19(18)21)26-14-20(24)22-16-6-8-17(9-7-16)23-10-12-25-13-11-23/h2-9,15H,10-14H2,1H3,(H,22,24). The summed E-state index contributed by atoms with van der Waals surface area (Å²) in [5.41, 5.74) is 2.53. The minimum Gasteiger partial charge on any atom is -0.378 e. The zero-order valence-corrected chi connectivity index (χ0v) is 15.6. The summed E-state index contributed by atoms with van der Waals surface area (Å²) in [5, 5.41) is 2.82. The van der Waals surface area contributed by atoms with Crippen LogP contribution in [0.15, 0.2) is 48.5 Å². The monoisotopic (exact) mass is 374 g/mol. The second kappa shape index (κ2) is 9.05. The third-order valence-corrected chi connectivity index (χ3v) is 5.52. The Morgan fingerprint density at radius 3 is 2.58 bits per heavy atom. The molecule has 1 N–H and O–H groups in total. The second-order valence-corrected chi connectivity index (χ2v) is 7.50. The van der Waals surface area contributed by atoms with E-state index in [-0.39, 0.29) is 22.7 Å². The first-order valence-corrected chi connectivity index (χ1v) is 9.77. The molecule has 1 heterocycles. The molecule has 1 aliphatic rings. The predicted octanol–water partition coefficient (Wildman–Crippen LogP) is 4.10. The second-order valence-electron chi connectivity index (χ2n) is 6.17. The first-order chi connectivity index (χ1) is 12.6. The summed E-state index contributed by atoms with van der Waals surface area (Å²) in [6.07, 6.45) is 0. The van der Waals surface area contributed by atoms with Gasteiger partial charge in [0.05, 0.1) is 19.0 Å². The van der Waals surface area contributed by atoms with Crippen LogP contribution >= 0.6 is 11.8 Å². The van der Waals surface area contributed by atoms with Gasteiger partial charge >= 0.3 is 0 Å². The Bertz CT molecular complexity index is 733. The lowest BCUT2D eigenvalue weighted by molar-refractivity contribution is -0.113. The molecule has 1 saturated heterocycles. The maximum absolute atomic E-state index is 13.8. The van der Waals surface area contributed by atoms with E-state index in [4.69, 9.17) is 4.74 Å². The highest BCUT2D eigenvalue weighted by Gasteiger charge is 2.14. The van der Waals surface area contributed by atoms with E-state index in [0.717, 1.165) is 37.7 Å². The Hall–Kier alpha value is -2.05. The molecule has 2 aromatic rings. The summed E-state index contributed by atoms with van der Waals surface area (Å²) < 4.78 is 19.1. The van der Waals surface area contributed by atoms with Gasteiger partial charge in [-0.2, -0.15) is 0 Å². The van der Waals surface area contributed by atoms with E-state index in [1.807, 2.05) is 37.3 Å². The van der Waals surface area contributed by atoms with Crippen molar-refractivity contribution in [3.05, 3.63) is 59.9 Å². The molecule has 1 atom stereocenters. The molecule has 0 saturated carbocycles. The largest absolute Gasteiger partial charge is 0.378 e. The zero-order valence-electron chi connectivity index (χ0n) is 14.8. The van der Waals surface area contributed by atoms with Crippen molar-refractivity contribution in [1.29, 1.82) is 0 Å². The van der Waals surface area contributed by atoms with Crippen LogP contribution in [0.1, 0.15) is 17.7 Å². The van der Waals surface area contributed by atoms with Crippen LogP contribution in [0.2, 0.25) is 0 Å². The van der Waals surface area contributed by atoms with E-state index in [1.165, 1.54) is 17.8 Å². The number of carbonyl (C=O) groups excluding carboxylic acids is 1. The zero-order chi connectivity index (χ0) is 18.4. The highest BCUT2D eigenvalue weighted by Crippen LogP contribution is 2.30. The predicted molar refractivity (Wildman–Crippen MR) is 105 cm³/mol. The summed E-state index contributed by atoms with van der Waals surface area (Å²) >= 11 is 1.42. The van der Waals surface area contributed by atoms with Crippen LogP contribution in [0, 0.1) is 5.82 Å². The van der Waals surface area contributed by atoms with Crippen LogP contribution in [-0.2, 0) is 9.53 Å². The maximum atomic E-state index is 13.8. The van der Waals surface area contributed by atoms with Gasteiger partial charge in [-0.05, 0) is 37.3 Å². The van der Waals surface area contributed by atoms with Crippen molar-refractivity contribution in [1.82, 2.24) is 0 Å². The Morgan fingerprint density at radius 1 is 1.19 bits per heavy atom. The van der Waals surface area contributed by atoms with Gasteiger partial charge in [-0.15, -0.1) is 11.8 Å². The number of amides is 1. The highest BCUT2D eigenvalue weighted by molar-refractivity contribution is 8.00. The quantitative estimate of drug-likeness (QED) is 0.827. The molecule has 1 aliphatic heterocycles. The molecule has 0 radical (unpaired) electrons. The van der Waals surface area contributed by atoms with E-state index in [9.17, 15) is 9.18 Å². The van der Waals surface area contributed by atoms with Crippen LogP contribution in [0.4, 0.5) is 15.8 Å². The number of benzene rings is 2. The first kappa shape index (κ1) is 18.7. The van der Waals surface area contributed by atoms with Gasteiger partial charge in [0, 0.05) is 35.3 Å². The molecule has 2 aromatic carbocycles. The van der Waals surface area contributed by atoms with E-state index >= 15 is 0 Å². The smallest absolute Gasteiger partial charge is 0.234 e. The van der Waals surface area contributed by atoms with Crippen molar-refractivity contribution < 1.29 is 13.9 Å². The van der Waals surface area contributed by atoms with Crippen molar-refractivity contribution in [2.24, 2.45) is 0 Å². The molecule has 1 amide bonds. The minimum atomic E-state index is -0.230. The van der Waals surface area contributed by atoms with Gasteiger partial charge in [-0.3, -0.25) is 4.79 Å². The lowest BCUT2D eigenvalue weighted by atomic mass is 10.1. The van der Waals surface area contributed by atoms with Gasteiger partial charge < -0.3 is 15.0 Å². The first-order valence-electron chi connectivity index (χ1n) is 8.72. The number of ether oxygens (including phenoxy) is 1. The Balaban J connectivity index is 1.49. The van der Waals surface area contributed by atoms with Gasteiger partial charge in [0.2, 0.25) is 5.91 Å². The third kappa shape index (κ3) is 4.99. The van der Waals surface area contributed by atoms with Gasteiger partial charge in [-0.25, -0.2) is 4.39 Å². The normalized spacial score (nSPS) is 15.5. The Morgan fingerprint density at radius 2 is 1.88 bits per heavy atom. The summed E-state index contributed by atoms with van der Waals surface area (Å²) in [7, 11) is 0. The highest BCUT2D eigenvalue weighted by atomic mass is 32.2. The molecule has 1 fully saturated rings. The number of carbonyl (C=O) groups is 1. The van der Waals surface area contributed by atoms with Crippen molar-refractivity contribution in [3.63, 3.8) is 0 Å². The van der Waals surface area contributed by atoms with E-state index in [0.29, 0.717) is 5.56 Å². The molecule has 0 bridgehead atoms. The molecule has 1 unspecified atom stereocenters. The Labute approximate surface area is 157 Å². The molecule has 0 aromatic heterocycles. The summed E-state index contributed by atoms with van der Waals surface area (Å²) in [6, 6.07) is 14.5. The number of rotatable bonds is 6. The molecule has 26 heavy (non-hydrogen) atoms. The number of nitrogens with zero attached hydrogens (tertiary/aromatic N) is 1. The van der Waals surface area contributed by atoms with Gasteiger partial charge in [0.15, 0.2) is 0 Å².